The van der Waals surface area contributed by atoms with Crippen molar-refractivity contribution >= 4 is 23.5 Å². The molecule has 0 aliphatic rings. The van der Waals surface area contributed by atoms with Crippen LogP contribution < -0.4 is 4.74 Å². The third-order valence-electron chi connectivity index (χ3n) is 2.47. The van der Waals surface area contributed by atoms with Gasteiger partial charge in [-0.3, -0.25) is 9.59 Å². The fourth-order valence-corrected chi connectivity index (χ4v) is 1.87. The summed E-state index contributed by atoms with van der Waals surface area (Å²) in [5.74, 6) is -5.22. The van der Waals surface area contributed by atoms with Gasteiger partial charge in [0.1, 0.15) is 17.2 Å². The summed E-state index contributed by atoms with van der Waals surface area (Å²) in [5, 5.41) is 9.19. The first-order valence-corrected chi connectivity index (χ1v) is 6.43. The number of carboxylic acid groups (broad SMARTS) is 1. The minimum absolute atomic E-state index is 0.0212. The van der Waals surface area contributed by atoms with Crippen molar-refractivity contribution in [2.24, 2.45) is 0 Å². The number of halogens is 2. The number of benzene rings is 1. The van der Waals surface area contributed by atoms with Crippen molar-refractivity contribution in [1.29, 1.82) is 0 Å². The zero-order chi connectivity index (χ0) is 16.4. The number of esters is 1. The standard InChI is InChI=1S/C14H16ClFO5/c1-14(2,3)21-13(19)11(12(17)18)7-5-10(20-4)8(15)6-9(7)16/h5-6,11H,1-4H3,(H,17,18). The van der Waals surface area contributed by atoms with E-state index in [1.54, 1.807) is 20.8 Å². The molecule has 1 aromatic carbocycles. The number of hydrogen-bond donors (Lipinski definition) is 1. The van der Waals surface area contributed by atoms with E-state index in [1.165, 1.54) is 7.11 Å². The third-order valence-corrected chi connectivity index (χ3v) is 2.77. The van der Waals surface area contributed by atoms with Gasteiger partial charge in [0.25, 0.3) is 0 Å². The number of hydrogen-bond acceptors (Lipinski definition) is 4. The molecule has 7 heteroatoms. The monoisotopic (exact) mass is 318 g/mol. The van der Waals surface area contributed by atoms with Crippen molar-refractivity contribution in [1.82, 2.24) is 0 Å². The molecule has 1 atom stereocenters. The van der Waals surface area contributed by atoms with Gasteiger partial charge in [0.05, 0.1) is 12.1 Å². The maximum Gasteiger partial charge on any atom is 0.325 e. The molecule has 0 radical (unpaired) electrons. The summed E-state index contributed by atoms with van der Waals surface area (Å²) in [4.78, 5) is 23.3. The summed E-state index contributed by atoms with van der Waals surface area (Å²) >= 11 is 5.74. The third kappa shape index (κ3) is 4.32. The van der Waals surface area contributed by atoms with Crippen molar-refractivity contribution in [3.63, 3.8) is 0 Å². The smallest absolute Gasteiger partial charge is 0.325 e. The maximum atomic E-state index is 14.0. The zero-order valence-corrected chi connectivity index (χ0v) is 12.8. The minimum atomic E-state index is -1.80. The van der Waals surface area contributed by atoms with Crippen LogP contribution in [0.5, 0.6) is 5.75 Å². The van der Waals surface area contributed by atoms with Crippen LogP contribution in [0.3, 0.4) is 0 Å². The van der Waals surface area contributed by atoms with E-state index in [9.17, 15) is 19.1 Å². The van der Waals surface area contributed by atoms with Crippen LogP contribution in [0.1, 0.15) is 32.3 Å². The van der Waals surface area contributed by atoms with Gasteiger partial charge in [-0.2, -0.15) is 0 Å². The van der Waals surface area contributed by atoms with Crippen LogP contribution in [-0.4, -0.2) is 29.8 Å². The minimum Gasteiger partial charge on any atom is -0.495 e. The Morgan fingerprint density at radius 3 is 2.33 bits per heavy atom. The van der Waals surface area contributed by atoms with Crippen LogP contribution in [0, 0.1) is 5.82 Å². The van der Waals surface area contributed by atoms with Gasteiger partial charge >= 0.3 is 11.9 Å². The number of rotatable bonds is 4. The molecule has 0 saturated carbocycles. The summed E-state index contributed by atoms with van der Waals surface area (Å²) in [6.45, 7) is 4.76. The highest BCUT2D eigenvalue weighted by atomic mass is 35.5. The normalized spacial score (nSPS) is 12.7. The van der Waals surface area contributed by atoms with Crippen LogP contribution in [0.4, 0.5) is 4.39 Å². The van der Waals surface area contributed by atoms with Crippen LogP contribution >= 0.6 is 11.6 Å². The van der Waals surface area contributed by atoms with E-state index < -0.39 is 29.3 Å². The van der Waals surface area contributed by atoms with Gasteiger partial charge in [-0.25, -0.2) is 4.39 Å². The Labute approximate surface area is 126 Å². The van der Waals surface area contributed by atoms with E-state index >= 15 is 0 Å². The Hall–Kier alpha value is -1.82. The first-order chi connectivity index (χ1) is 9.56. The van der Waals surface area contributed by atoms with Crippen LogP contribution in [-0.2, 0) is 14.3 Å². The lowest BCUT2D eigenvalue weighted by molar-refractivity contribution is -0.162. The molecule has 0 fully saturated rings. The van der Waals surface area contributed by atoms with E-state index in [0.29, 0.717) is 0 Å². The fraction of sp³-hybridized carbons (Fsp3) is 0.429. The van der Waals surface area contributed by atoms with E-state index in [2.05, 4.69) is 0 Å². The molecular weight excluding hydrogens is 303 g/mol. The topological polar surface area (TPSA) is 72.8 Å². The number of carbonyl (C=O) groups is 2. The highest BCUT2D eigenvalue weighted by Gasteiger charge is 2.35. The molecule has 0 heterocycles. The second-order valence-corrected chi connectivity index (χ2v) is 5.72. The number of aliphatic carboxylic acids is 1. The quantitative estimate of drug-likeness (QED) is 0.682. The van der Waals surface area contributed by atoms with Crippen LogP contribution in [0.2, 0.25) is 5.02 Å². The van der Waals surface area contributed by atoms with Gasteiger partial charge in [-0.15, -0.1) is 0 Å². The lowest BCUT2D eigenvalue weighted by Gasteiger charge is -2.22. The summed E-state index contributed by atoms with van der Waals surface area (Å²) in [5.41, 5.74) is -1.25. The summed E-state index contributed by atoms with van der Waals surface area (Å²) < 4.78 is 23.9. The van der Waals surface area contributed by atoms with Gasteiger partial charge < -0.3 is 14.6 Å². The molecule has 1 unspecified atom stereocenters. The summed E-state index contributed by atoms with van der Waals surface area (Å²) in [6.07, 6.45) is 0. The Bertz CT molecular complexity index is 565. The van der Waals surface area contributed by atoms with E-state index in [0.717, 1.165) is 12.1 Å². The highest BCUT2D eigenvalue weighted by molar-refractivity contribution is 6.32. The van der Waals surface area contributed by atoms with Gasteiger partial charge in [0.15, 0.2) is 5.92 Å². The van der Waals surface area contributed by atoms with Crippen molar-refractivity contribution in [3.05, 3.63) is 28.5 Å². The molecule has 0 saturated heterocycles. The molecule has 0 aliphatic heterocycles. The molecule has 116 valence electrons. The van der Waals surface area contributed by atoms with Gasteiger partial charge in [0.2, 0.25) is 0 Å². The van der Waals surface area contributed by atoms with Crippen molar-refractivity contribution in [2.45, 2.75) is 32.3 Å². The van der Waals surface area contributed by atoms with E-state index in [-0.39, 0.29) is 16.3 Å². The Morgan fingerprint density at radius 1 is 1.33 bits per heavy atom. The predicted molar refractivity (Wildman–Crippen MR) is 74.2 cm³/mol. The highest BCUT2D eigenvalue weighted by Crippen LogP contribution is 2.32. The Morgan fingerprint density at radius 2 is 1.90 bits per heavy atom. The van der Waals surface area contributed by atoms with Gasteiger partial charge in [0, 0.05) is 5.56 Å². The Balaban J connectivity index is 3.30. The molecule has 0 aromatic heterocycles. The molecule has 21 heavy (non-hydrogen) atoms. The molecule has 0 aliphatic carbocycles. The summed E-state index contributed by atoms with van der Waals surface area (Å²) in [7, 11) is 1.30. The molecule has 0 amide bonds. The lowest BCUT2D eigenvalue weighted by atomic mass is 9.98. The van der Waals surface area contributed by atoms with Gasteiger partial charge in [-0.05, 0) is 32.9 Å². The van der Waals surface area contributed by atoms with Crippen LogP contribution in [0.25, 0.3) is 0 Å². The number of carbonyl (C=O) groups excluding carboxylic acids is 1. The number of ether oxygens (including phenoxy) is 2. The molecule has 1 rings (SSSR count). The Kier molecular flexibility index (Phi) is 5.17. The molecule has 0 spiro atoms. The number of carboxylic acids is 1. The molecule has 1 N–H and O–H groups in total. The van der Waals surface area contributed by atoms with Crippen molar-refractivity contribution < 1.29 is 28.6 Å². The largest absolute Gasteiger partial charge is 0.495 e. The second-order valence-electron chi connectivity index (χ2n) is 5.31. The van der Waals surface area contributed by atoms with Crippen molar-refractivity contribution in [2.75, 3.05) is 7.11 Å². The SMILES string of the molecule is COc1cc(C(C(=O)O)C(=O)OC(C)(C)C)c(F)cc1Cl. The van der Waals surface area contributed by atoms with E-state index in [1.807, 2.05) is 0 Å². The molecule has 0 bridgehead atoms. The molecule has 1 aromatic rings. The maximum absolute atomic E-state index is 14.0. The molecule has 5 nitrogen and oxygen atoms in total. The van der Waals surface area contributed by atoms with E-state index in [4.69, 9.17) is 21.1 Å². The van der Waals surface area contributed by atoms with Crippen molar-refractivity contribution in [3.8, 4) is 5.75 Å². The first kappa shape index (κ1) is 17.2. The summed E-state index contributed by atoms with van der Waals surface area (Å²) in [6, 6.07) is 1.98. The first-order valence-electron chi connectivity index (χ1n) is 6.05. The van der Waals surface area contributed by atoms with Crippen LogP contribution in [0.15, 0.2) is 12.1 Å². The molecular formula is C14H16ClFO5. The average Bonchev–Trinajstić information content (AvgIpc) is 2.29. The van der Waals surface area contributed by atoms with Gasteiger partial charge in [-0.1, -0.05) is 11.6 Å². The average molecular weight is 319 g/mol. The fourth-order valence-electron chi connectivity index (χ4n) is 1.64. The predicted octanol–water partition coefficient (Wildman–Crippen LogP) is 3.00. The second kappa shape index (κ2) is 6.30. The number of methoxy groups -OCH3 is 1. The lowest BCUT2D eigenvalue weighted by Crippen LogP contribution is -2.31. The zero-order valence-electron chi connectivity index (χ0n) is 12.1.